The van der Waals surface area contributed by atoms with E-state index in [0.717, 1.165) is 28.4 Å². The highest BCUT2D eigenvalue weighted by Crippen LogP contribution is 2.23. The summed E-state index contributed by atoms with van der Waals surface area (Å²) in [4.78, 5) is 6.50. The number of hydrogen-bond donors (Lipinski definition) is 1. The molecule has 0 aromatic carbocycles. The Balaban J connectivity index is 2.31. The first kappa shape index (κ1) is 12.6. The number of aryl methyl sites for hydroxylation is 2. The van der Waals surface area contributed by atoms with Gasteiger partial charge in [-0.25, -0.2) is 4.98 Å². The Hall–Kier alpha value is -1.81. The number of aliphatic hydroxyl groups is 1. The van der Waals surface area contributed by atoms with Gasteiger partial charge in [0.2, 0.25) is 0 Å². The summed E-state index contributed by atoms with van der Waals surface area (Å²) in [5.41, 5.74) is 2.88. The van der Waals surface area contributed by atoms with Gasteiger partial charge in [-0.3, -0.25) is 0 Å². The van der Waals surface area contributed by atoms with Crippen molar-refractivity contribution in [1.29, 1.82) is 0 Å². The van der Waals surface area contributed by atoms with E-state index in [9.17, 15) is 5.11 Å². The van der Waals surface area contributed by atoms with Crippen LogP contribution >= 0.6 is 0 Å². The van der Waals surface area contributed by atoms with Gasteiger partial charge in [-0.15, -0.1) is 0 Å². The number of anilines is 1. The molecule has 2 aromatic heterocycles. The molecule has 96 valence electrons. The number of hydrogen-bond acceptors (Lipinski definition) is 4. The first-order chi connectivity index (χ1) is 8.61. The average Bonchev–Trinajstić information content (AvgIpc) is 2.80. The molecule has 2 rings (SSSR count). The topological polar surface area (TPSA) is 49.5 Å². The van der Waals surface area contributed by atoms with Crippen molar-refractivity contribution in [3.63, 3.8) is 0 Å². The second-order valence-electron chi connectivity index (χ2n) is 4.48. The summed E-state index contributed by atoms with van der Waals surface area (Å²) in [5.74, 6) is 1.69. The predicted molar refractivity (Wildman–Crippen MR) is 70.4 cm³/mol. The van der Waals surface area contributed by atoms with Gasteiger partial charge in [0.25, 0.3) is 0 Å². The SMILES string of the molecule is Cc1cc(C)c(CO)c(N(C)Cc2ccco2)n1. The lowest BCUT2D eigenvalue weighted by atomic mass is 10.1. The number of furan rings is 1. The Bertz CT molecular complexity index is 521. The Labute approximate surface area is 107 Å². The highest BCUT2D eigenvalue weighted by atomic mass is 16.3. The van der Waals surface area contributed by atoms with Crippen LogP contribution in [0.3, 0.4) is 0 Å². The summed E-state index contributed by atoms with van der Waals surface area (Å²) >= 11 is 0. The van der Waals surface area contributed by atoms with Gasteiger partial charge in [0.1, 0.15) is 11.6 Å². The van der Waals surface area contributed by atoms with Crippen molar-refractivity contribution in [2.24, 2.45) is 0 Å². The lowest BCUT2D eigenvalue weighted by Crippen LogP contribution is -2.20. The first-order valence-corrected chi connectivity index (χ1v) is 5.93. The lowest BCUT2D eigenvalue weighted by molar-refractivity contribution is 0.280. The van der Waals surface area contributed by atoms with Crippen molar-refractivity contribution < 1.29 is 9.52 Å². The first-order valence-electron chi connectivity index (χ1n) is 5.93. The summed E-state index contributed by atoms with van der Waals surface area (Å²) in [6, 6.07) is 5.78. The molecule has 0 fully saturated rings. The van der Waals surface area contributed by atoms with Crippen LogP contribution in [0.25, 0.3) is 0 Å². The van der Waals surface area contributed by atoms with E-state index < -0.39 is 0 Å². The van der Waals surface area contributed by atoms with E-state index in [2.05, 4.69) is 4.98 Å². The van der Waals surface area contributed by atoms with Crippen LogP contribution in [0.2, 0.25) is 0 Å². The fourth-order valence-corrected chi connectivity index (χ4v) is 2.07. The van der Waals surface area contributed by atoms with E-state index in [1.54, 1.807) is 6.26 Å². The van der Waals surface area contributed by atoms with Crippen molar-refractivity contribution in [3.05, 3.63) is 47.0 Å². The monoisotopic (exact) mass is 246 g/mol. The molecule has 18 heavy (non-hydrogen) atoms. The summed E-state index contributed by atoms with van der Waals surface area (Å²) in [6.45, 7) is 4.58. The van der Waals surface area contributed by atoms with Crippen LogP contribution < -0.4 is 4.90 Å². The van der Waals surface area contributed by atoms with E-state index in [1.165, 1.54) is 0 Å². The van der Waals surface area contributed by atoms with Gasteiger partial charge in [0.15, 0.2) is 0 Å². The molecule has 0 radical (unpaired) electrons. The molecule has 0 bridgehead atoms. The van der Waals surface area contributed by atoms with Crippen molar-refractivity contribution in [1.82, 2.24) is 4.98 Å². The second kappa shape index (κ2) is 5.23. The third kappa shape index (κ3) is 2.54. The summed E-state index contributed by atoms with van der Waals surface area (Å²) in [6.07, 6.45) is 1.66. The Kier molecular flexibility index (Phi) is 3.67. The number of aliphatic hydroxyl groups excluding tert-OH is 1. The van der Waals surface area contributed by atoms with Crippen LogP contribution in [0.15, 0.2) is 28.9 Å². The zero-order valence-corrected chi connectivity index (χ0v) is 11.0. The van der Waals surface area contributed by atoms with Gasteiger partial charge in [0.05, 0.1) is 19.4 Å². The largest absolute Gasteiger partial charge is 0.467 e. The van der Waals surface area contributed by atoms with Crippen LogP contribution in [0.1, 0.15) is 22.6 Å². The van der Waals surface area contributed by atoms with Crippen LogP contribution in [0.4, 0.5) is 5.82 Å². The van der Waals surface area contributed by atoms with Gasteiger partial charge >= 0.3 is 0 Å². The molecule has 2 aromatic rings. The summed E-state index contributed by atoms with van der Waals surface area (Å²) in [7, 11) is 1.95. The van der Waals surface area contributed by atoms with Crippen molar-refractivity contribution >= 4 is 5.82 Å². The van der Waals surface area contributed by atoms with Crippen LogP contribution in [-0.2, 0) is 13.2 Å². The molecule has 0 aliphatic rings. The van der Waals surface area contributed by atoms with Gasteiger partial charge in [-0.2, -0.15) is 0 Å². The van der Waals surface area contributed by atoms with Crippen molar-refractivity contribution in [2.45, 2.75) is 27.0 Å². The lowest BCUT2D eigenvalue weighted by Gasteiger charge is -2.21. The van der Waals surface area contributed by atoms with Gasteiger partial charge in [-0.05, 0) is 37.6 Å². The van der Waals surface area contributed by atoms with Crippen LogP contribution in [0, 0.1) is 13.8 Å². The minimum Gasteiger partial charge on any atom is -0.467 e. The molecule has 0 aliphatic heterocycles. The maximum absolute atomic E-state index is 9.48. The molecule has 4 nitrogen and oxygen atoms in total. The third-order valence-corrected chi connectivity index (χ3v) is 2.95. The van der Waals surface area contributed by atoms with Gasteiger partial charge < -0.3 is 14.4 Å². The molecular weight excluding hydrogens is 228 g/mol. The molecule has 0 amide bonds. The predicted octanol–water partition coefficient (Wildman–Crippen LogP) is 2.42. The Morgan fingerprint density at radius 1 is 1.39 bits per heavy atom. The molecule has 0 saturated heterocycles. The van der Waals surface area contributed by atoms with Gasteiger partial charge in [-0.1, -0.05) is 0 Å². The molecule has 0 aliphatic carbocycles. The zero-order chi connectivity index (χ0) is 13.1. The van der Waals surface area contributed by atoms with Crippen molar-refractivity contribution in [2.75, 3.05) is 11.9 Å². The summed E-state index contributed by atoms with van der Waals surface area (Å²) < 4.78 is 5.33. The Morgan fingerprint density at radius 2 is 2.17 bits per heavy atom. The maximum Gasteiger partial charge on any atom is 0.134 e. The molecule has 4 heteroatoms. The van der Waals surface area contributed by atoms with E-state index in [-0.39, 0.29) is 6.61 Å². The quantitative estimate of drug-likeness (QED) is 0.900. The minimum absolute atomic E-state index is 0.00303. The van der Waals surface area contributed by atoms with E-state index in [1.807, 2.05) is 44.0 Å². The molecular formula is C14H18N2O2. The fourth-order valence-electron chi connectivity index (χ4n) is 2.07. The molecule has 0 atom stereocenters. The van der Waals surface area contributed by atoms with Gasteiger partial charge in [0, 0.05) is 18.3 Å². The molecule has 0 unspecified atom stereocenters. The molecule has 0 spiro atoms. The standard InChI is InChI=1S/C14H18N2O2/c1-10-7-11(2)15-14(13(10)9-17)16(3)8-12-5-4-6-18-12/h4-7,17H,8-9H2,1-3H3. The second-order valence-corrected chi connectivity index (χ2v) is 4.48. The molecule has 0 saturated carbocycles. The smallest absolute Gasteiger partial charge is 0.134 e. The fraction of sp³-hybridized carbons (Fsp3) is 0.357. The zero-order valence-electron chi connectivity index (χ0n) is 11.0. The van der Waals surface area contributed by atoms with E-state index >= 15 is 0 Å². The van der Waals surface area contributed by atoms with Crippen LogP contribution in [-0.4, -0.2) is 17.1 Å². The van der Waals surface area contributed by atoms with Crippen LogP contribution in [0.5, 0.6) is 0 Å². The van der Waals surface area contributed by atoms with Crippen molar-refractivity contribution in [3.8, 4) is 0 Å². The summed E-state index contributed by atoms with van der Waals surface area (Å²) in [5, 5.41) is 9.48. The maximum atomic E-state index is 9.48. The number of pyridine rings is 1. The normalized spacial score (nSPS) is 10.7. The van der Waals surface area contributed by atoms with E-state index in [4.69, 9.17) is 4.42 Å². The average molecular weight is 246 g/mol. The highest BCUT2D eigenvalue weighted by Gasteiger charge is 2.13. The number of aromatic nitrogens is 1. The number of nitrogens with zero attached hydrogens (tertiary/aromatic N) is 2. The third-order valence-electron chi connectivity index (χ3n) is 2.95. The highest BCUT2D eigenvalue weighted by molar-refractivity contribution is 5.50. The molecule has 1 N–H and O–H groups in total. The minimum atomic E-state index is -0.00303. The number of rotatable bonds is 4. The molecule has 2 heterocycles. The Morgan fingerprint density at radius 3 is 2.78 bits per heavy atom. The van der Waals surface area contributed by atoms with E-state index in [0.29, 0.717) is 6.54 Å².